The number of benzene rings is 7. The summed E-state index contributed by atoms with van der Waals surface area (Å²) >= 11 is 0. The van der Waals surface area contributed by atoms with Crippen LogP contribution in [-0.2, 0) is 5.41 Å². The molecule has 0 N–H and O–H groups in total. The van der Waals surface area contributed by atoms with Gasteiger partial charge in [0.15, 0.2) is 0 Å². The zero-order valence-corrected chi connectivity index (χ0v) is 32.7. The molecule has 6 heteroatoms. The summed E-state index contributed by atoms with van der Waals surface area (Å²) < 4.78 is 11.3. The van der Waals surface area contributed by atoms with Gasteiger partial charge in [-0.25, -0.2) is 4.98 Å². The molecular formula is C52H41N5O. The fraction of sp³-hybridized carbons (Fsp3) is 0.0962. The predicted octanol–water partition coefficient (Wildman–Crippen LogP) is 13.6. The van der Waals surface area contributed by atoms with Crippen molar-refractivity contribution in [2.75, 3.05) is 16.5 Å². The molecule has 0 spiro atoms. The van der Waals surface area contributed by atoms with Crippen molar-refractivity contribution in [2.45, 2.75) is 26.2 Å². The van der Waals surface area contributed by atoms with Gasteiger partial charge in [0.2, 0.25) is 0 Å². The molecule has 7 aromatic carbocycles. The van der Waals surface area contributed by atoms with E-state index >= 15 is 0 Å². The lowest BCUT2D eigenvalue weighted by molar-refractivity contribution is 0.483. The largest absolute Gasteiger partial charge is 0.457 e. The van der Waals surface area contributed by atoms with E-state index in [-0.39, 0.29) is 5.41 Å². The van der Waals surface area contributed by atoms with E-state index in [4.69, 9.17) is 9.72 Å². The molecule has 0 aliphatic carbocycles. The van der Waals surface area contributed by atoms with Gasteiger partial charge in [0.25, 0.3) is 0 Å². The summed E-state index contributed by atoms with van der Waals surface area (Å²) in [6.07, 6.45) is 1.92. The van der Waals surface area contributed by atoms with Crippen LogP contribution in [0.4, 0.5) is 22.7 Å². The number of nitrogens with zero attached hydrogens (tertiary/aromatic N) is 5. The normalized spacial score (nSPS) is 12.9. The number of para-hydroxylation sites is 5. The van der Waals surface area contributed by atoms with E-state index in [1.165, 1.54) is 38.4 Å². The van der Waals surface area contributed by atoms with Gasteiger partial charge in [-0.3, -0.25) is 4.57 Å². The molecule has 4 heterocycles. The van der Waals surface area contributed by atoms with Crippen LogP contribution in [0.1, 0.15) is 26.3 Å². The second kappa shape index (κ2) is 13.1. The van der Waals surface area contributed by atoms with Crippen molar-refractivity contribution in [3.05, 3.63) is 188 Å². The second-order valence-corrected chi connectivity index (χ2v) is 16.2. The molecule has 1 aliphatic rings. The maximum absolute atomic E-state index is 6.70. The van der Waals surface area contributed by atoms with Crippen LogP contribution in [0.3, 0.4) is 0 Å². The maximum Gasteiger partial charge on any atom is 0.137 e. The fourth-order valence-electron chi connectivity index (χ4n) is 8.76. The number of pyridine rings is 1. The maximum atomic E-state index is 6.70. The lowest BCUT2D eigenvalue weighted by Gasteiger charge is -2.23. The van der Waals surface area contributed by atoms with Crippen molar-refractivity contribution in [2.24, 2.45) is 0 Å². The van der Waals surface area contributed by atoms with Gasteiger partial charge in [0.1, 0.15) is 24.0 Å². The van der Waals surface area contributed by atoms with E-state index in [2.05, 4.69) is 210 Å². The summed E-state index contributed by atoms with van der Waals surface area (Å²) in [6, 6.07) is 62.5. The van der Waals surface area contributed by atoms with Gasteiger partial charge in [0.05, 0.1) is 33.4 Å². The van der Waals surface area contributed by atoms with Gasteiger partial charge < -0.3 is 19.1 Å². The molecule has 11 rings (SSSR count). The Morgan fingerprint density at radius 3 is 1.81 bits per heavy atom. The first kappa shape index (κ1) is 34.0. The number of anilines is 4. The molecule has 1 aliphatic heterocycles. The minimum Gasteiger partial charge on any atom is -0.457 e. The third kappa shape index (κ3) is 5.52. The first-order valence-corrected chi connectivity index (χ1v) is 19.9. The van der Waals surface area contributed by atoms with Crippen molar-refractivity contribution < 1.29 is 4.74 Å². The molecule has 0 amide bonds. The van der Waals surface area contributed by atoms with Crippen molar-refractivity contribution in [1.29, 1.82) is 0 Å². The molecule has 0 radical (unpaired) electrons. The molecule has 3 aromatic heterocycles. The molecule has 0 saturated carbocycles. The Hall–Kier alpha value is -7.31. The number of hydrogen-bond acceptors (Lipinski definition) is 4. The predicted molar refractivity (Wildman–Crippen MR) is 240 cm³/mol. The van der Waals surface area contributed by atoms with E-state index in [0.717, 1.165) is 56.5 Å². The average molecular weight is 752 g/mol. The highest BCUT2D eigenvalue weighted by atomic mass is 16.5. The number of ether oxygens (including phenoxy) is 1. The van der Waals surface area contributed by atoms with Crippen molar-refractivity contribution in [3.8, 4) is 23.0 Å². The van der Waals surface area contributed by atoms with Gasteiger partial charge in [-0.2, -0.15) is 0 Å². The number of hydrogen-bond donors (Lipinski definition) is 0. The molecule has 0 fully saturated rings. The average Bonchev–Trinajstić information content (AvgIpc) is 3.92. The van der Waals surface area contributed by atoms with Gasteiger partial charge in [-0.15, -0.1) is 0 Å². The summed E-state index contributed by atoms with van der Waals surface area (Å²) in [5.74, 6) is 2.45. The Morgan fingerprint density at radius 2 is 1.05 bits per heavy atom. The molecule has 58 heavy (non-hydrogen) atoms. The third-order valence-electron chi connectivity index (χ3n) is 11.6. The minimum atomic E-state index is 0.000453. The molecule has 0 atom stereocenters. The van der Waals surface area contributed by atoms with Gasteiger partial charge in [-0.05, 0) is 102 Å². The Bertz CT molecular complexity index is 3190. The standard InChI is InChI=1S/C52H41N5O/c1-52(2,3)35-28-29-53-51(30-35)57-46-21-10-7-18-41(46)43-26-25-40(33-50(43)57)58-39-17-13-16-37(31-39)54-34-55(49-23-12-11-22-48(49)54)38-24-27-47-44(32-38)42-19-8-9-20-45(42)56(47)36-14-5-4-6-15-36/h4-33H,34H2,1-3H3. The van der Waals surface area contributed by atoms with Crippen LogP contribution in [0.25, 0.3) is 55.1 Å². The molecule has 6 nitrogen and oxygen atoms in total. The van der Waals surface area contributed by atoms with Crippen LogP contribution >= 0.6 is 0 Å². The van der Waals surface area contributed by atoms with Crippen LogP contribution in [0.5, 0.6) is 11.5 Å². The summed E-state index contributed by atoms with van der Waals surface area (Å²) in [6.45, 7) is 7.38. The van der Waals surface area contributed by atoms with Crippen molar-refractivity contribution in [1.82, 2.24) is 14.1 Å². The Labute approximate surface area is 337 Å². The van der Waals surface area contributed by atoms with E-state index in [1.54, 1.807) is 0 Å². The molecule has 10 aromatic rings. The van der Waals surface area contributed by atoms with E-state index in [1.807, 2.05) is 12.3 Å². The fourth-order valence-corrected chi connectivity index (χ4v) is 8.76. The monoisotopic (exact) mass is 751 g/mol. The van der Waals surface area contributed by atoms with Crippen molar-refractivity contribution in [3.63, 3.8) is 0 Å². The lowest BCUT2D eigenvalue weighted by atomic mass is 9.88. The molecule has 280 valence electrons. The quantitative estimate of drug-likeness (QED) is 0.170. The highest BCUT2D eigenvalue weighted by Gasteiger charge is 2.29. The van der Waals surface area contributed by atoms with E-state index < -0.39 is 0 Å². The topological polar surface area (TPSA) is 38.5 Å². The first-order chi connectivity index (χ1) is 28.4. The molecule has 0 saturated heterocycles. The van der Waals surface area contributed by atoms with Gasteiger partial charge >= 0.3 is 0 Å². The van der Waals surface area contributed by atoms with Crippen LogP contribution in [0, 0.1) is 0 Å². The van der Waals surface area contributed by atoms with Crippen LogP contribution in [-0.4, -0.2) is 20.8 Å². The number of rotatable bonds is 6. The SMILES string of the molecule is CC(C)(C)c1ccnc(-n2c3ccccc3c3ccc(Oc4cccc(N5CN(c6ccc7c(c6)c6ccccc6n7-c6ccccc6)c6ccccc65)c4)cc32)c1. The zero-order chi connectivity index (χ0) is 39.0. The molecular weight excluding hydrogens is 711 g/mol. The highest BCUT2D eigenvalue weighted by molar-refractivity contribution is 6.11. The van der Waals surface area contributed by atoms with E-state index in [0.29, 0.717) is 6.67 Å². The summed E-state index contributed by atoms with van der Waals surface area (Å²) in [5.41, 5.74) is 11.5. The summed E-state index contributed by atoms with van der Waals surface area (Å²) in [5, 5.41) is 4.83. The van der Waals surface area contributed by atoms with Crippen LogP contribution in [0.15, 0.2) is 182 Å². The zero-order valence-electron chi connectivity index (χ0n) is 32.7. The molecule has 0 bridgehead atoms. The number of aromatic nitrogens is 3. The Balaban J connectivity index is 0.944. The van der Waals surface area contributed by atoms with Gasteiger partial charge in [0, 0.05) is 56.9 Å². The van der Waals surface area contributed by atoms with Crippen molar-refractivity contribution >= 4 is 66.4 Å². The second-order valence-electron chi connectivity index (χ2n) is 16.2. The highest BCUT2D eigenvalue weighted by Crippen LogP contribution is 2.46. The minimum absolute atomic E-state index is 0.000453. The lowest BCUT2D eigenvalue weighted by Crippen LogP contribution is -2.23. The Kier molecular flexibility index (Phi) is 7.70. The third-order valence-corrected chi connectivity index (χ3v) is 11.6. The van der Waals surface area contributed by atoms with Gasteiger partial charge in [-0.1, -0.05) is 93.6 Å². The summed E-state index contributed by atoms with van der Waals surface area (Å²) in [4.78, 5) is 9.64. The summed E-state index contributed by atoms with van der Waals surface area (Å²) in [7, 11) is 0. The smallest absolute Gasteiger partial charge is 0.137 e. The first-order valence-electron chi connectivity index (χ1n) is 19.9. The molecule has 0 unspecified atom stereocenters. The number of fused-ring (bicyclic) bond motifs is 7. The van der Waals surface area contributed by atoms with Crippen LogP contribution in [0.2, 0.25) is 0 Å². The Morgan fingerprint density at radius 1 is 0.448 bits per heavy atom. The van der Waals surface area contributed by atoms with E-state index in [9.17, 15) is 0 Å². The van der Waals surface area contributed by atoms with Crippen LogP contribution < -0.4 is 14.5 Å².